The van der Waals surface area contributed by atoms with Gasteiger partial charge >= 0.3 is 0 Å². The van der Waals surface area contributed by atoms with Gasteiger partial charge in [0.15, 0.2) is 5.82 Å². The number of halogens is 1. The van der Waals surface area contributed by atoms with Crippen molar-refractivity contribution in [3.05, 3.63) is 43.5 Å². The van der Waals surface area contributed by atoms with Gasteiger partial charge in [0.1, 0.15) is 4.47 Å². The molecule has 4 nitrogen and oxygen atoms in total. The molecule has 1 atom stereocenters. The van der Waals surface area contributed by atoms with Gasteiger partial charge in [0.05, 0.1) is 12.4 Å². The highest BCUT2D eigenvalue weighted by Gasteiger charge is 2.17. The monoisotopic (exact) mass is 313 g/mol. The zero-order chi connectivity index (χ0) is 12.4. The first-order chi connectivity index (χ1) is 8.11. The van der Waals surface area contributed by atoms with E-state index in [-0.39, 0.29) is 11.6 Å². The first kappa shape index (κ1) is 12.3. The molecule has 0 saturated heterocycles. The van der Waals surface area contributed by atoms with Crippen LogP contribution in [-0.4, -0.2) is 17.0 Å². The molecule has 0 aliphatic heterocycles. The highest BCUT2D eigenvalue weighted by atomic mass is 79.9. The molecule has 0 aromatic carbocycles. The number of thiophene rings is 1. The molecular weight excluding hydrogens is 302 g/mol. The molecule has 0 saturated carbocycles. The molecule has 90 valence electrons. The molecule has 0 radical (unpaired) electrons. The maximum absolute atomic E-state index is 11.5. The molecule has 0 aliphatic rings. The smallest absolute Gasteiger partial charge is 0.267 e. The lowest BCUT2D eigenvalue weighted by molar-refractivity contribution is 0.736. The van der Waals surface area contributed by atoms with Gasteiger partial charge < -0.3 is 9.88 Å². The number of nitrogens with zero attached hydrogens (tertiary/aromatic N) is 2. The minimum Gasteiger partial charge on any atom is -0.351 e. The van der Waals surface area contributed by atoms with Crippen molar-refractivity contribution >= 4 is 33.1 Å². The summed E-state index contributed by atoms with van der Waals surface area (Å²) in [4.78, 5) is 21.4. The van der Waals surface area contributed by atoms with Crippen LogP contribution in [0, 0.1) is 0 Å². The van der Waals surface area contributed by atoms with Gasteiger partial charge in [-0.25, -0.2) is 4.98 Å². The minimum absolute atomic E-state index is 0.166. The summed E-state index contributed by atoms with van der Waals surface area (Å²) in [5.74, 6) is 0.648. The quantitative estimate of drug-likeness (QED) is 0.948. The first-order valence-corrected chi connectivity index (χ1v) is 6.78. The Morgan fingerprint density at radius 1 is 1.59 bits per heavy atom. The largest absolute Gasteiger partial charge is 0.351 e. The van der Waals surface area contributed by atoms with E-state index in [0.29, 0.717) is 10.3 Å². The van der Waals surface area contributed by atoms with Crippen molar-refractivity contribution in [3.8, 4) is 0 Å². The summed E-state index contributed by atoms with van der Waals surface area (Å²) in [6, 6.07) is 4.28. The second-order valence-corrected chi connectivity index (χ2v) is 5.44. The Balaban J connectivity index is 2.34. The molecule has 2 aromatic heterocycles. The maximum atomic E-state index is 11.5. The Hall–Kier alpha value is -1.14. The van der Waals surface area contributed by atoms with E-state index in [2.05, 4.69) is 38.9 Å². The molecule has 0 bridgehead atoms. The normalized spacial score (nSPS) is 12.4. The van der Waals surface area contributed by atoms with Crippen LogP contribution in [0.25, 0.3) is 0 Å². The van der Waals surface area contributed by atoms with Crippen LogP contribution in [0.4, 0.5) is 5.82 Å². The van der Waals surface area contributed by atoms with Gasteiger partial charge in [0, 0.05) is 11.9 Å². The van der Waals surface area contributed by atoms with E-state index in [1.54, 1.807) is 11.3 Å². The number of rotatable bonds is 3. The zero-order valence-electron chi connectivity index (χ0n) is 9.48. The average Bonchev–Trinajstić information content (AvgIpc) is 2.84. The lowest BCUT2D eigenvalue weighted by Gasteiger charge is -2.25. The van der Waals surface area contributed by atoms with E-state index in [1.807, 2.05) is 23.4 Å². The Morgan fingerprint density at radius 2 is 2.35 bits per heavy atom. The van der Waals surface area contributed by atoms with Gasteiger partial charge in [-0.15, -0.1) is 11.3 Å². The van der Waals surface area contributed by atoms with Crippen LogP contribution in [0.2, 0.25) is 0 Å². The van der Waals surface area contributed by atoms with Gasteiger partial charge in [-0.2, -0.15) is 0 Å². The third-order valence-electron chi connectivity index (χ3n) is 2.65. The molecular formula is C11H12BrN3OS. The van der Waals surface area contributed by atoms with Gasteiger partial charge in [-0.05, 0) is 34.3 Å². The zero-order valence-corrected chi connectivity index (χ0v) is 11.9. The summed E-state index contributed by atoms with van der Waals surface area (Å²) in [6.07, 6.45) is 1.42. The molecule has 0 fully saturated rings. The summed E-state index contributed by atoms with van der Waals surface area (Å²) >= 11 is 4.96. The highest BCUT2D eigenvalue weighted by Crippen LogP contribution is 2.29. The van der Waals surface area contributed by atoms with Gasteiger partial charge in [0.2, 0.25) is 0 Å². The second kappa shape index (κ2) is 5.01. The van der Waals surface area contributed by atoms with Crippen LogP contribution in [0.3, 0.4) is 0 Å². The first-order valence-electron chi connectivity index (χ1n) is 5.10. The van der Waals surface area contributed by atoms with E-state index >= 15 is 0 Å². The van der Waals surface area contributed by atoms with Crippen LogP contribution in [-0.2, 0) is 0 Å². The Kier molecular flexibility index (Phi) is 3.63. The van der Waals surface area contributed by atoms with E-state index in [1.165, 1.54) is 11.2 Å². The Labute approximate surface area is 111 Å². The van der Waals surface area contributed by atoms with Gasteiger partial charge in [0.25, 0.3) is 5.56 Å². The number of nitrogens with one attached hydrogen (secondary N) is 1. The SMILES string of the molecule is CC(c1cccs1)N(C)c1nc[nH]c(=O)c1Br. The fourth-order valence-electron chi connectivity index (χ4n) is 1.52. The molecule has 17 heavy (non-hydrogen) atoms. The van der Waals surface area contributed by atoms with Crippen LogP contribution >= 0.6 is 27.3 Å². The molecule has 0 amide bonds. The van der Waals surface area contributed by atoms with Gasteiger partial charge in [-0.3, -0.25) is 4.79 Å². The van der Waals surface area contributed by atoms with Gasteiger partial charge in [-0.1, -0.05) is 6.07 Å². The number of hydrogen-bond acceptors (Lipinski definition) is 4. The van der Waals surface area contributed by atoms with Crippen LogP contribution < -0.4 is 10.5 Å². The highest BCUT2D eigenvalue weighted by molar-refractivity contribution is 9.10. The number of hydrogen-bond donors (Lipinski definition) is 1. The number of aromatic amines is 1. The molecule has 2 aromatic rings. The summed E-state index contributed by atoms with van der Waals surface area (Å²) in [5.41, 5.74) is -0.166. The molecule has 1 N–H and O–H groups in total. The molecule has 2 heterocycles. The standard InChI is InChI=1S/C11H12BrN3OS/c1-7(8-4-3-5-17-8)15(2)10-9(12)11(16)14-6-13-10/h3-7H,1-2H3,(H,13,14,16). The molecule has 0 aliphatic carbocycles. The van der Waals surface area contributed by atoms with E-state index in [9.17, 15) is 4.79 Å². The number of H-pyrrole nitrogens is 1. The minimum atomic E-state index is -0.166. The predicted octanol–water partition coefficient (Wildman–Crippen LogP) is 2.79. The third kappa shape index (κ3) is 2.42. The lowest BCUT2D eigenvalue weighted by Crippen LogP contribution is -2.25. The Bertz CT molecular complexity index is 552. The predicted molar refractivity (Wildman–Crippen MR) is 73.7 cm³/mol. The van der Waals surface area contributed by atoms with Crippen LogP contribution in [0.15, 0.2) is 33.1 Å². The molecule has 6 heteroatoms. The molecule has 0 spiro atoms. The van der Waals surface area contributed by atoms with E-state index in [0.717, 1.165) is 0 Å². The summed E-state index contributed by atoms with van der Waals surface area (Å²) in [6.45, 7) is 2.08. The van der Waals surface area contributed by atoms with Crippen molar-refractivity contribution in [2.45, 2.75) is 13.0 Å². The average molecular weight is 314 g/mol. The van der Waals surface area contributed by atoms with Crippen LogP contribution in [0.1, 0.15) is 17.8 Å². The maximum Gasteiger partial charge on any atom is 0.267 e. The van der Waals surface area contributed by atoms with Crippen molar-refractivity contribution in [1.29, 1.82) is 0 Å². The van der Waals surface area contributed by atoms with Crippen molar-refractivity contribution < 1.29 is 0 Å². The van der Waals surface area contributed by atoms with E-state index in [4.69, 9.17) is 0 Å². The summed E-state index contributed by atoms with van der Waals surface area (Å²) in [7, 11) is 1.93. The summed E-state index contributed by atoms with van der Waals surface area (Å²) < 4.78 is 0.464. The fraction of sp³-hybridized carbons (Fsp3) is 0.273. The van der Waals surface area contributed by atoms with Crippen molar-refractivity contribution in [3.63, 3.8) is 0 Å². The number of aromatic nitrogens is 2. The Morgan fingerprint density at radius 3 is 3.00 bits per heavy atom. The fourth-order valence-corrected chi connectivity index (χ4v) is 2.85. The topological polar surface area (TPSA) is 49.0 Å². The number of anilines is 1. The summed E-state index contributed by atoms with van der Waals surface area (Å²) in [5, 5.41) is 2.04. The third-order valence-corrected chi connectivity index (χ3v) is 4.41. The molecule has 1 unspecified atom stereocenters. The van der Waals surface area contributed by atoms with E-state index < -0.39 is 0 Å². The van der Waals surface area contributed by atoms with Crippen molar-refractivity contribution in [2.75, 3.05) is 11.9 Å². The van der Waals surface area contributed by atoms with Crippen molar-refractivity contribution in [2.24, 2.45) is 0 Å². The second-order valence-electron chi connectivity index (χ2n) is 3.67. The lowest BCUT2D eigenvalue weighted by atomic mass is 10.2. The molecule has 2 rings (SSSR count). The van der Waals surface area contributed by atoms with Crippen LogP contribution in [0.5, 0.6) is 0 Å². The van der Waals surface area contributed by atoms with Crippen molar-refractivity contribution in [1.82, 2.24) is 9.97 Å².